The Morgan fingerprint density at radius 2 is 2.17 bits per heavy atom. The Bertz CT molecular complexity index is 704. The van der Waals surface area contributed by atoms with Crippen molar-refractivity contribution in [2.45, 2.75) is 33.4 Å². The predicted octanol–water partition coefficient (Wildman–Crippen LogP) is 3.73. The van der Waals surface area contributed by atoms with Crippen molar-refractivity contribution >= 4 is 34.2 Å². The first kappa shape index (κ1) is 17.6. The molecule has 0 spiro atoms. The molecule has 0 aliphatic heterocycles. The maximum atomic E-state index is 12.4. The van der Waals surface area contributed by atoms with Gasteiger partial charge in [0.05, 0.1) is 22.0 Å². The number of anilines is 1. The van der Waals surface area contributed by atoms with E-state index in [2.05, 4.69) is 37.7 Å². The van der Waals surface area contributed by atoms with Crippen LogP contribution in [-0.4, -0.2) is 22.3 Å². The van der Waals surface area contributed by atoms with E-state index in [9.17, 15) is 13.6 Å². The number of hydrogen-bond donors (Lipinski definition) is 1. The van der Waals surface area contributed by atoms with Gasteiger partial charge in [0, 0.05) is 12.1 Å². The van der Waals surface area contributed by atoms with Gasteiger partial charge in [0.2, 0.25) is 5.91 Å². The summed E-state index contributed by atoms with van der Waals surface area (Å²) in [5.74, 6) is -0.344. The molecular formula is C15H16F2IN3O2. The first-order valence-corrected chi connectivity index (χ1v) is 7.98. The molecule has 0 bridgehead atoms. The number of carbonyl (C=O) groups excluding carboxylic acids is 1. The van der Waals surface area contributed by atoms with Crippen molar-refractivity contribution in [2.75, 3.05) is 5.32 Å². The van der Waals surface area contributed by atoms with E-state index in [4.69, 9.17) is 0 Å². The number of hydrogen-bond acceptors (Lipinski definition) is 3. The molecule has 8 heteroatoms. The summed E-state index contributed by atoms with van der Waals surface area (Å²) in [6.45, 7) is 1.19. The normalized spacial score (nSPS) is 10.9. The fourth-order valence-corrected chi connectivity index (χ4v) is 2.41. The largest absolute Gasteiger partial charge is 0.433 e. The second-order valence-corrected chi connectivity index (χ2v) is 6.14. The lowest BCUT2D eigenvalue weighted by Crippen LogP contribution is -2.17. The molecule has 0 aliphatic rings. The summed E-state index contributed by atoms with van der Waals surface area (Å²) in [6, 6.07) is 4.65. The Hall–Kier alpha value is -1.71. The van der Waals surface area contributed by atoms with Gasteiger partial charge in [-0.25, -0.2) is 0 Å². The van der Waals surface area contributed by atoms with E-state index < -0.39 is 6.61 Å². The van der Waals surface area contributed by atoms with Crippen LogP contribution in [0.4, 0.5) is 14.5 Å². The zero-order valence-electron chi connectivity index (χ0n) is 12.6. The molecule has 1 heterocycles. The average molecular weight is 435 g/mol. The molecule has 0 aliphatic carbocycles. The number of carbonyl (C=O) groups is 1. The van der Waals surface area contributed by atoms with Crippen LogP contribution in [0.25, 0.3) is 0 Å². The molecule has 124 valence electrons. The van der Waals surface area contributed by atoms with Crippen LogP contribution in [0, 0.1) is 17.4 Å². The van der Waals surface area contributed by atoms with Crippen molar-refractivity contribution in [1.29, 1.82) is 0 Å². The third-order valence-electron chi connectivity index (χ3n) is 3.22. The molecule has 0 radical (unpaired) electrons. The van der Waals surface area contributed by atoms with Crippen LogP contribution in [0.3, 0.4) is 0 Å². The summed E-state index contributed by atoms with van der Waals surface area (Å²) in [4.78, 5) is 12.1. The summed E-state index contributed by atoms with van der Waals surface area (Å²) < 4.78 is 32.0. The number of nitrogens with zero attached hydrogens (tertiary/aromatic N) is 2. The summed E-state index contributed by atoms with van der Waals surface area (Å²) in [5, 5.41) is 6.78. The Balaban J connectivity index is 2.02. The minimum Gasteiger partial charge on any atom is -0.433 e. The van der Waals surface area contributed by atoms with Gasteiger partial charge in [-0.2, -0.15) is 13.9 Å². The number of benzene rings is 1. The highest BCUT2D eigenvalue weighted by atomic mass is 127. The van der Waals surface area contributed by atoms with Crippen molar-refractivity contribution in [3.8, 4) is 5.75 Å². The number of rotatable bonds is 6. The van der Waals surface area contributed by atoms with Gasteiger partial charge in [0.15, 0.2) is 0 Å². The molecule has 2 aromatic rings. The average Bonchev–Trinajstić information content (AvgIpc) is 2.79. The van der Waals surface area contributed by atoms with Gasteiger partial charge in [0.1, 0.15) is 5.75 Å². The van der Waals surface area contributed by atoms with Crippen molar-refractivity contribution < 1.29 is 18.3 Å². The van der Waals surface area contributed by atoms with Crippen molar-refractivity contribution in [3.05, 3.63) is 39.2 Å². The maximum absolute atomic E-state index is 12.4. The van der Waals surface area contributed by atoms with Gasteiger partial charge in [-0.05, 0) is 54.1 Å². The Labute approximate surface area is 146 Å². The number of halogens is 3. The Morgan fingerprint density at radius 3 is 2.78 bits per heavy atom. The predicted molar refractivity (Wildman–Crippen MR) is 90.7 cm³/mol. The van der Waals surface area contributed by atoms with Crippen LogP contribution in [-0.2, 0) is 11.3 Å². The molecule has 0 saturated carbocycles. The highest BCUT2D eigenvalue weighted by Gasteiger charge is 2.13. The number of aromatic nitrogens is 2. The second-order valence-electron chi connectivity index (χ2n) is 4.98. The van der Waals surface area contributed by atoms with E-state index in [1.54, 1.807) is 29.9 Å². The van der Waals surface area contributed by atoms with Crippen LogP contribution in [0.2, 0.25) is 0 Å². The number of ether oxygens (including phenoxy) is 1. The fraction of sp³-hybridized carbons (Fsp3) is 0.333. The van der Waals surface area contributed by atoms with E-state index in [-0.39, 0.29) is 23.8 Å². The number of nitrogens with one attached hydrogen (secondary N) is 1. The Kier molecular flexibility index (Phi) is 5.91. The third-order valence-corrected chi connectivity index (χ3v) is 4.28. The lowest BCUT2D eigenvalue weighted by Gasteiger charge is -2.13. The highest BCUT2D eigenvalue weighted by molar-refractivity contribution is 14.1. The molecule has 1 N–H and O–H groups in total. The molecule has 1 amide bonds. The van der Waals surface area contributed by atoms with Crippen LogP contribution in [0.1, 0.15) is 17.7 Å². The van der Waals surface area contributed by atoms with E-state index in [1.165, 1.54) is 6.07 Å². The molecule has 23 heavy (non-hydrogen) atoms. The lowest BCUT2D eigenvalue weighted by atomic mass is 10.2. The second kappa shape index (κ2) is 7.71. The van der Waals surface area contributed by atoms with Crippen molar-refractivity contribution in [3.63, 3.8) is 0 Å². The minimum atomic E-state index is -2.94. The van der Waals surface area contributed by atoms with Crippen LogP contribution < -0.4 is 10.1 Å². The number of alkyl halides is 2. The zero-order chi connectivity index (χ0) is 17.0. The van der Waals surface area contributed by atoms with Gasteiger partial charge in [-0.1, -0.05) is 6.07 Å². The van der Waals surface area contributed by atoms with Gasteiger partial charge in [-0.3, -0.25) is 9.48 Å². The van der Waals surface area contributed by atoms with Crippen molar-refractivity contribution in [2.24, 2.45) is 0 Å². The van der Waals surface area contributed by atoms with Crippen LogP contribution in [0.5, 0.6) is 5.75 Å². The van der Waals surface area contributed by atoms with E-state index in [0.29, 0.717) is 6.54 Å². The standard InChI is InChI=1S/C15H16F2IN3O2/c1-9-3-4-13(23-15(16)17)12(7-9)20-14(22)5-6-21-10(2)11(18)8-19-21/h3-4,7-8,15H,5-6H2,1-2H3,(H,20,22). The first-order valence-electron chi connectivity index (χ1n) is 6.90. The quantitative estimate of drug-likeness (QED) is 0.704. The first-order chi connectivity index (χ1) is 10.9. The summed E-state index contributed by atoms with van der Waals surface area (Å²) in [7, 11) is 0. The summed E-state index contributed by atoms with van der Waals surface area (Å²) in [5.41, 5.74) is 2.05. The molecular weight excluding hydrogens is 419 g/mol. The van der Waals surface area contributed by atoms with Gasteiger partial charge in [0.25, 0.3) is 0 Å². The summed E-state index contributed by atoms with van der Waals surface area (Å²) in [6.07, 6.45) is 1.91. The highest BCUT2D eigenvalue weighted by Crippen LogP contribution is 2.27. The van der Waals surface area contributed by atoms with E-state index >= 15 is 0 Å². The zero-order valence-corrected chi connectivity index (χ0v) is 14.8. The molecule has 0 saturated heterocycles. The Morgan fingerprint density at radius 1 is 1.43 bits per heavy atom. The molecule has 1 aromatic heterocycles. The molecule has 0 atom stereocenters. The maximum Gasteiger partial charge on any atom is 0.387 e. The monoisotopic (exact) mass is 435 g/mol. The van der Waals surface area contributed by atoms with E-state index in [0.717, 1.165) is 14.8 Å². The molecule has 2 rings (SSSR count). The molecule has 0 unspecified atom stereocenters. The molecule has 5 nitrogen and oxygen atoms in total. The lowest BCUT2D eigenvalue weighted by molar-refractivity contribution is -0.116. The third kappa shape index (κ3) is 4.88. The molecule has 0 fully saturated rings. The van der Waals surface area contributed by atoms with Crippen molar-refractivity contribution in [1.82, 2.24) is 9.78 Å². The minimum absolute atomic E-state index is 0.0521. The number of amides is 1. The number of aryl methyl sites for hydroxylation is 2. The fourth-order valence-electron chi connectivity index (χ4n) is 2.01. The van der Waals surface area contributed by atoms with Crippen LogP contribution >= 0.6 is 22.6 Å². The summed E-state index contributed by atoms with van der Waals surface area (Å²) >= 11 is 2.17. The SMILES string of the molecule is Cc1ccc(OC(F)F)c(NC(=O)CCn2ncc(I)c2C)c1. The van der Waals surface area contributed by atoms with Gasteiger partial charge < -0.3 is 10.1 Å². The van der Waals surface area contributed by atoms with Crippen LogP contribution in [0.15, 0.2) is 24.4 Å². The van der Waals surface area contributed by atoms with E-state index in [1.807, 2.05) is 6.92 Å². The van der Waals surface area contributed by atoms with Gasteiger partial charge >= 0.3 is 6.61 Å². The van der Waals surface area contributed by atoms with Gasteiger partial charge in [-0.15, -0.1) is 0 Å². The molecule has 1 aromatic carbocycles. The smallest absolute Gasteiger partial charge is 0.387 e. The topological polar surface area (TPSA) is 56.1 Å².